The summed E-state index contributed by atoms with van der Waals surface area (Å²) < 4.78 is 0. The highest BCUT2D eigenvalue weighted by molar-refractivity contribution is 5.91. The summed E-state index contributed by atoms with van der Waals surface area (Å²) in [6.45, 7) is 7.33. The largest absolute Gasteiger partial charge is 0.295 e. The molecule has 114 valence electrons. The normalized spacial score (nSPS) is 52.0. The van der Waals surface area contributed by atoms with Crippen molar-refractivity contribution in [2.75, 3.05) is 0 Å². The maximum atomic E-state index is 11.9. The van der Waals surface area contributed by atoms with E-state index in [-0.39, 0.29) is 0 Å². The van der Waals surface area contributed by atoms with Gasteiger partial charge in [0.15, 0.2) is 5.78 Å². The Bertz CT molecular complexity index is 542. The van der Waals surface area contributed by atoms with Crippen LogP contribution < -0.4 is 0 Å². The van der Waals surface area contributed by atoms with Crippen LogP contribution in [0.3, 0.4) is 0 Å². The van der Waals surface area contributed by atoms with E-state index in [4.69, 9.17) is 0 Å². The van der Waals surface area contributed by atoms with Gasteiger partial charge in [-0.2, -0.15) is 0 Å². The Labute approximate surface area is 128 Å². The fourth-order valence-electron chi connectivity index (χ4n) is 6.47. The van der Waals surface area contributed by atoms with Crippen LogP contribution in [0.1, 0.15) is 59.3 Å². The van der Waals surface area contributed by atoms with E-state index in [0.717, 1.165) is 30.6 Å². The molecule has 0 heterocycles. The Kier molecular flexibility index (Phi) is 2.85. The lowest BCUT2D eigenvalue weighted by Gasteiger charge is -2.58. The van der Waals surface area contributed by atoms with E-state index in [2.05, 4.69) is 32.9 Å². The number of hydrogen-bond donors (Lipinski definition) is 0. The summed E-state index contributed by atoms with van der Waals surface area (Å²) in [6.07, 6.45) is 14.2. The molecular formula is C20H28O. The number of carbonyl (C=O) groups excluding carboxylic acids is 1. The SMILES string of the molecule is CC1CC2C3CC=CC3(C)CCC2C2(C)CCC(=O)C=C12. The topological polar surface area (TPSA) is 17.1 Å². The highest BCUT2D eigenvalue weighted by atomic mass is 16.1. The summed E-state index contributed by atoms with van der Waals surface area (Å²) in [5, 5.41) is 0. The monoisotopic (exact) mass is 284 g/mol. The minimum absolute atomic E-state index is 0.306. The third-order valence-corrected chi connectivity index (χ3v) is 7.61. The average molecular weight is 284 g/mol. The third kappa shape index (κ3) is 1.79. The van der Waals surface area contributed by atoms with Crippen LogP contribution in [-0.2, 0) is 4.79 Å². The number of carbonyl (C=O) groups is 1. The molecule has 4 aliphatic carbocycles. The van der Waals surface area contributed by atoms with Crippen molar-refractivity contribution < 1.29 is 4.79 Å². The quantitative estimate of drug-likeness (QED) is 0.576. The van der Waals surface area contributed by atoms with Crippen LogP contribution >= 0.6 is 0 Å². The maximum Gasteiger partial charge on any atom is 0.155 e. The van der Waals surface area contributed by atoms with Crippen molar-refractivity contribution in [2.45, 2.75) is 59.3 Å². The molecule has 0 aromatic carbocycles. The molecule has 2 fully saturated rings. The molecule has 0 N–H and O–H groups in total. The summed E-state index contributed by atoms with van der Waals surface area (Å²) in [5.74, 6) is 3.50. The van der Waals surface area contributed by atoms with Crippen LogP contribution in [0.5, 0.6) is 0 Å². The lowest BCUT2D eigenvalue weighted by atomic mass is 9.46. The van der Waals surface area contributed by atoms with Gasteiger partial charge in [0, 0.05) is 6.42 Å². The molecule has 4 rings (SSSR count). The van der Waals surface area contributed by atoms with Crippen molar-refractivity contribution in [1.29, 1.82) is 0 Å². The van der Waals surface area contributed by atoms with Crippen molar-refractivity contribution >= 4 is 5.78 Å². The van der Waals surface area contributed by atoms with E-state index in [0.29, 0.717) is 22.5 Å². The van der Waals surface area contributed by atoms with Crippen molar-refractivity contribution in [3.05, 3.63) is 23.8 Å². The first-order valence-corrected chi connectivity index (χ1v) is 8.87. The number of fused-ring (bicyclic) bond motifs is 5. The first-order valence-electron chi connectivity index (χ1n) is 8.87. The Morgan fingerprint density at radius 3 is 2.81 bits per heavy atom. The molecule has 6 unspecified atom stereocenters. The second-order valence-electron chi connectivity index (χ2n) is 8.68. The Hall–Kier alpha value is -0.850. The van der Waals surface area contributed by atoms with Crippen molar-refractivity contribution in [1.82, 2.24) is 0 Å². The Balaban J connectivity index is 1.74. The molecule has 0 amide bonds. The van der Waals surface area contributed by atoms with E-state index < -0.39 is 0 Å². The molecule has 0 aromatic heterocycles. The average Bonchev–Trinajstić information content (AvgIpc) is 2.83. The van der Waals surface area contributed by atoms with Gasteiger partial charge >= 0.3 is 0 Å². The lowest BCUT2D eigenvalue weighted by Crippen LogP contribution is -2.51. The van der Waals surface area contributed by atoms with Gasteiger partial charge in [-0.25, -0.2) is 0 Å². The second kappa shape index (κ2) is 4.33. The predicted molar refractivity (Wildman–Crippen MR) is 85.8 cm³/mol. The highest BCUT2D eigenvalue weighted by Gasteiger charge is 2.56. The van der Waals surface area contributed by atoms with Gasteiger partial charge in [-0.1, -0.05) is 38.5 Å². The summed E-state index contributed by atoms with van der Waals surface area (Å²) in [4.78, 5) is 11.9. The van der Waals surface area contributed by atoms with E-state index >= 15 is 0 Å². The number of ketones is 1. The zero-order chi connectivity index (χ0) is 14.8. The summed E-state index contributed by atoms with van der Waals surface area (Å²) in [5.41, 5.74) is 2.26. The number of allylic oxidation sites excluding steroid dienone is 4. The van der Waals surface area contributed by atoms with Crippen LogP contribution in [0, 0.1) is 34.5 Å². The van der Waals surface area contributed by atoms with E-state index in [1.165, 1.54) is 31.3 Å². The zero-order valence-corrected chi connectivity index (χ0v) is 13.7. The molecule has 0 saturated heterocycles. The minimum atomic E-state index is 0.306. The van der Waals surface area contributed by atoms with Gasteiger partial charge in [-0.15, -0.1) is 0 Å². The van der Waals surface area contributed by atoms with Gasteiger partial charge in [-0.3, -0.25) is 4.79 Å². The highest BCUT2D eigenvalue weighted by Crippen LogP contribution is 2.64. The molecule has 0 aliphatic heterocycles. The summed E-state index contributed by atoms with van der Waals surface area (Å²) in [7, 11) is 0. The Morgan fingerprint density at radius 1 is 1.19 bits per heavy atom. The van der Waals surface area contributed by atoms with Crippen LogP contribution in [0.4, 0.5) is 0 Å². The van der Waals surface area contributed by atoms with Crippen molar-refractivity contribution in [3.63, 3.8) is 0 Å². The summed E-state index contributed by atoms with van der Waals surface area (Å²) >= 11 is 0. The maximum absolute atomic E-state index is 11.9. The van der Waals surface area contributed by atoms with E-state index in [9.17, 15) is 4.79 Å². The molecule has 0 spiro atoms. The molecule has 1 nitrogen and oxygen atoms in total. The van der Waals surface area contributed by atoms with Gasteiger partial charge < -0.3 is 0 Å². The molecule has 4 aliphatic rings. The van der Waals surface area contributed by atoms with Crippen LogP contribution in [0.2, 0.25) is 0 Å². The van der Waals surface area contributed by atoms with E-state index in [1.54, 1.807) is 0 Å². The van der Waals surface area contributed by atoms with Crippen LogP contribution in [0.15, 0.2) is 23.8 Å². The zero-order valence-electron chi connectivity index (χ0n) is 13.7. The van der Waals surface area contributed by atoms with Crippen LogP contribution in [-0.4, -0.2) is 5.78 Å². The van der Waals surface area contributed by atoms with Gasteiger partial charge in [0.1, 0.15) is 0 Å². The molecule has 0 radical (unpaired) electrons. The third-order valence-electron chi connectivity index (χ3n) is 7.61. The molecular weight excluding hydrogens is 256 g/mol. The predicted octanol–water partition coefficient (Wildman–Crippen LogP) is 4.93. The van der Waals surface area contributed by atoms with Gasteiger partial charge in [0.2, 0.25) is 0 Å². The first-order chi connectivity index (χ1) is 9.94. The summed E-state index contributed by atoms with van der Waals surface area (Å²) in [6, 6.07) is 0. The van der Waals surface area contributed by atoms with Crippen molar-refractivity contribution in [2.24, 2.45) is 34.5 Å². The fraction of sp³-hybridized carbons (Fsp3) is 0.750. The van der Waals surface area contributed by atoms with Crippen molar-refractivity contribution in [3.8, 4) is 0 Å². The number of rotatable bonds is 0. The second-order valence-corrected chi connectivity index (χ2v) is 8.68. The molecule has 6 atom stereocenters. The molecule has 0 aromatic rings. The van der Waals surface area contributed by atoms with E-state index in [1.807, 2.05) is 6.08 Å². The minimum Gasteiger partial charge on any atom is -0.295 e. The Morgan fingerprint density at radius 2 is 2.00 bits per heavy atom. The molecule has 0 bridgehead atoms. The molecule has 21 heavy (non-hydrogen) atoms. The first kappa shape index (κ1) is 13.8. The fourth-order valence-corrected chi connectivity index (χ4v) is 6.47. The molecule has 1 heteroatoms. The standard InChI is InChI=1S/C20H28O/c1-13-11-15-16-5-4-8-19(16,2)9-7-17(15)20(3)10-6-14(21)12-18(13)20/h4,8,12-13,15-17H,5-7,9-11H2,1-3H3. The molecule has 2 saturated carbocycles. The lowest BCUT2D eigenvalue weighted by molar-refractivity contribution is -0.117. The van der Waals surface area contributed by atoms with Gasteiger partial charge in [0.25, 0.3) is 0 Å². The van der Waals surface area contributed by atoms with Gasteiger partial charge in [0.05, 0.1) is 0 Å². The number of hydrogen-bond acceptors (Lipinski definition) is 1. The van der Waals surface area contributed by atoms with Gasteiger partial charge in [-0.05, 0) is 72.7 Å². The van der Waals surface area contributed by atoms with Crippen LogP contribution in [0.25, 0.3) is 0 Å². The smallest absolute Gasteiger partial charge is 0.155 e.